The molecule has 0 amide bonds. The van der Waals surface area contributed by atoms with Crippen molar-refractivity contribution in [2.24, 2.45) is 5.92 Å². The van der Waals surface area contributed by atoms with Gasteiger partial charge in [-0.05, 0) is 38.0 Å². The van der Waals surface area contributed by atoms with E-state index in [0.717, 1.165) is 5.92 Å². The van der Waals surface area contributed by atoms with Crippen molar-refractivity contribution in [1.82, 2.24) is 0 Å². The number of halogens is 1. The molecule has 1 rings (SSSR count). The molecule has 70 valence electrons. The summed E-state index contributed by atoms with van der Waals surface area (Å²) in [5.41, 5.74) is 1.72. The van der Waals surface area contributed by atoms with E-state index in [0.29, 0.717) is 0 Å². The van der Waals surface area contributed by atoms with Gasteiger partial charge in [0.05, 0.1) is 0 Å². The van der Waals surface area contributed by atoms with Crippen LogP contribution >= 0.6 is 15.9 Å². The molecule has 1 unspecified atom stereocenters. The highest BCUT2D eigenvalue weighted by molar-refractivity contribution is 9.09. The van der Waals surface area contributed by atoms with E-state index < -0.39 is 0 Å². The predicted molar refractivity (Wildman–Crippen MR) is 58.7 cm³/mol. The van der Waals surface area contributed by atoms with E-state index in [1.54, 1.807) is 5.57 Å². The maximum Gasteiger partial charge on any atom is 0.00627 e. The van der Waals surface area contributed by atoms with Crippen molar-refractivity contribution >= 4 is 15.9 Å². The van der Waals surface area contributed by atoms with Gasteiger partial charge >= 0.3 is 0 Å². The average Bonchev–Trinajstić information content (AvgIpc) is 2.56. The number of rotatable bonds is 5. The van der Waals surface area contributed by atoms with Crippen LogP contribution < -0.4 is 0 Å². The maximum absolute atomic E-state index is 3.60. The van der Waals surface area contributed by atoms with Crippen LogP contribution in [0.15, 0.2) is 11.6 Å². The Morgan fingerprint density at radius 3 is 2.92 bits per heavy atom. The minimum Gasteiger partial charge on any atom is -0.0925 e. The summed E-state index contributed by atoms with van der Waals surface area (Å²) in [4.78, 5) is 0. The zero-order valence-electron chi connectivity index (χ0n) is 7.98. The Labute approximate surface area is 84.6 Å². The van der Waals surface area contributed by atoms with Gasteiger partial charge in [-0.2, -0.15) is 0 Å². The minimum absolute atomic E-state index is 0.888. The second-order valence-corrected chi connectivity index (χ2v) is 4.42. The van der Waals surface area contributed by atoms with E-state index in [2.05, 4.69) is 28.9 Å². The van der Waals surface area contributed by atoms with Gasteiger partial charge < -0.3 is 0 Å². The molecule has 1 atom stereocenters. The standard InChI is InChI=1S/C11H19Br/c1-2-5-11(9-12)8-10-6-3-4-7-10/h6,11H,2-5,7-9H2,1H3. The van der Waals surface area contributed by atoms with E-state index in [4.69, 9.17) is 0 Å². The molecular weight excluding hydrogens is 212 g/mol. The predicted octanol–water partition coefficient (Wildman–Crippen LogP) is 4.30. The summed E-state index contributed by atoms with van der Waals surface area (Å²) in [7, 11) is 0. The van der Waals surface area contributed by atoms with Crippen molar-refractivity contribution in [1.29, 1.82) is 0 Å². The summed E-state index contributed by atoms with van der Waals surface area (Å²) in [5.74, 6) is 0.888. The lowest BCUT2D eigenvalue weighted by molar-refractivity contribution is 0.526. The van der Waals surface area contributed by atoms with Crippen LogP contribution in [0.1, 0.15) is 45.4 Å². The molecule has 0 aromatic rings. The maximum atomic E-state index is 3.60. The van der Waals surface area contributed by atoms with Crippen LogP contribution in [0.4, 0.5) is 0 Å². The molecule has 0 bridgehead atoms. The number of hydrogen-bond donors (Lipinski definition) is 0. The Bertz CT molecular complexity index is 149. The smallest absolute Gasteiger partial charge is 0.00627 e. The molecule has 1 aliphatic carbocycles. The van der Waals surface area contributed by atoms with Crippen molar-refractivity contribution in [2.75, 3.05) is 5.33 Å². The Hall–Kier alpha value is 0.220. The molecule has 0 N–H and O–H groups in total. The first-order valence-corrected chi connectivity index (χ1v) is 6.22. The molecule has 12 heavy (non-hydrogen) atoms. The van der Waals surface area contributed by atoms with Crippen LogP contribution in [-0.4, -0.2) is 5.33 Å². The molecule has 0 nitrogen and oxygen atoms in total. The van der Waals surface area contributed by atoms with Gasteiger partial charge in [0.25, 0.3) is 0 Å². The van der Waals surface area contributed by atoms with E-state index in [1.807, 2.05) is 0 Å². The normalized spacial score (nSPS) is 19.3. The molecule has 0 aliphatic heterocycles. The van der Waals surface area contributed by atoms with Crippen LogP contribution in [0.2, 0.25) is 0 Å². The molecule has 0 aromatic heterocycles. The van der Waals surface area contributed by atoms with Crippen LogP contribution in [0.5, 0.6) is 0 Å². The summed E-state index contributed by atoms with van der Waals surface area (Å²) in [6.45, 7) is 2.28. The highest BCUT2D eigenvalue weighted by Crippen LogP contribution is 2.27. The Morgan fingerprint density at radius 2 is 2.42 bits per heavy atom. The zero-order chi connectivity index (χ0) is 8.81. The fourth-order valence-electron chi connectivity index (χ4n) is 1.94. The van der Waals surface area contributed by atoms with Gasteiger partial charge in [0.2, 0.25) is 0 Å². The van der Waals surface area contributed by atoms with Crippen LogP contribution in [0, 0.1) is 5.92 Å². The largest absolute Gasteiger partial charge is 0.0925 e. The van der Waals surface area contributed by atoms with Crippen molar-refractivity contribution in [3.63, 3.8) is 0 Å². The second kappa shape index (κ2) is 5.80. The number of allylic oxidation sites excluding steroid dienone is 2. The third-order valence-electron chi connectivity index (χ3n) is 2.60. The first-order chi connectivity index (χ1) is 5.86. The summed E-state index contributed by atoms with van der Waals surface area (Å²) in [6, 6.07) is 0. The van der Waals surface area contributed by atoms with Crippen molar-refractivity contribution in [3.05, 3.63) is 11.6 Å². The molecule has 0 saturated heterocycles. The summed E-state index contributed by atoms with van der Waals surface area (Å²) in [6.07, 6.45) is 10.6. The van der Waals surface area contributed by atoms with Crippen molar-refractivity contribution < 1.29 is 0 Å². The van der Waals surface area contributed by atoms with Gasteiger partial charge in [-0.15, -0.1) is 0 Å². The van der Waals surface area contributed by atoms with Gasteiger partial charge in [0.15, 0.2) is 0 Å². The topological polar surface area (TPSA) is 0 Å². The molecule has 1 heteroatoms. The monoisotopic (exact) mass is 230 g/mol. The lowest BCUT2D eigenvalue weighted by atomic mass is 9.97. The Balaban J connectivity index is 2.25. The van der Waals surface area contributed by atoms with E-state index >= 15 is 0 Å². The van der Waals surface area contributed by atoms with Crippen LogP contribution in [0.3, 0.4) is 0 Å². The first-order valence-electron chi connectivity index (χ1n) is 5.10. The van der Waals surface area contributed by atoms with E-state index in [9.17, 15) is 0 Å². The summed E-state index contributed by atoms with van der Waals surface area (Å²) in [5, 5.41) is 1.18. The molecular formula is C11H19Br. The molecule has 0 heterocycles. The minimum atomic E-state index is 0.888. The van der Waals surface area contributed by atoms with Gasteiger partial charge in [-0.1, -0.05) is 40.9 Å². The fraction of sp³-hybridized carbons (Fsp3) is 0.818. The van der Waals surface area contributed by atoms with Gasteiger partial charge in [-0.3, -0.25) is 0 Å². The van der Waals surface area contributed by atoms with Crippen molar-refractivity contribution in [3.8, 4) is 0 Å². The van der Waals surface area contributed by atoms with Gasteiger partial charge in [0, 0.05) is 5.33 Å². The first kappa shape index (κ1) is 10.3. The highest BCUT2D eigenvalue weighted by Gasteiger charge is 2.11. The lowest BCUT2D eigenvalue weighted by Gasteiger charge is -2.13. The zero-order valence-corrected chi connectivity index (χ0v) is 9.57. The van der Waals surface area contributed by atoms with Gasteiger partial charge in [0.1, 0.15) is 0 Å². The third-order valence-corrected chi connectivity index (χ3v) is 3.52. The molecule has 0 radical (unpaired) electrons. The molecule has 1 aliphatic rings. The lowest BCUT2D eigenvalue weighted by Crippen LogP contribution is -2.02. The second-order valence-electron chi connectivity index (χ2n) is 3.77. The van der Waals surface area contributed by atoms with Crippen LogP contribution in [0.25, 0.3) is 0 Å². The summed E-state index contributed by atoms with van der Waals surface area (Å²) >= 11 is 3.60. The summed E-state index contributed by atoms with van der Waals surface area (Å²) < 4.78 is 0. The highest BCUT2D eigenvalue weighted by atomic mass is 79.9. The fourth-order valence-corrected chi connectivity index (χ4v) is 2.49. The Morgan fingerprint density at radius 1 is 1.58 bits per heavy atom. The average molecular weight is 231 g/mol. The van der Waals surface area contributed by atoms with Gasteiger partial charge in [-0.25, -0.2) is 0 Å². The SMILES string of the molecule is CCCC(CBr)CC1=CCCC1. The van der Waals surface area contributed by atoms with E-state index in [1.165, 1.54) is 43.9 Å². The van der Waals surface area contributed by atoms with Crippen molar-refractivity contribution in [2.45, 2.75) is 45.4 Å². The Kier molecular flexibility index (Phi) is 4.98. The third kappa shape index (κ3) is 3.30. The van der Waals surface area contributed by atoms with Crippen LogP contribution in [-0.2, 0) is 0 Å². The number of hydrogen-bond acceptors (Lipinski definition) is 0. The number of alkyl halides is 1. The van der Waals surface area contributed by atoms with E-state index in [-0.39, 0.29) is 0 Å². The quantitative estimate of drug-likeness (QED) is 0.489. The molecule has 0 aromatic carbocycles. The molecule has 0 fully saturated rings. The molecule has 0 saturated carbocycles. The molecule has 0 spiro atoms.